The Morgan fingerprint density at radius 3 is 2.64 bits per heavy atom. The molecular formula is C17H20N2O3. The van der Waals surface area contributed by atoms with Gasteiger partial charge >= 0.3 is 5.97 Å². The van der Waals surface area contributed by atoms with Crippen LogP contribution in [-0.2, 0) is 11.3 Å². The lowest BCUT2D eigenvalue weighted by molar-refractivity contribution is -0.141. The predicted octanol–water partition coefficient (Wildman–Crippen LogP) is 2.74. The quantitative estimate of drug-likeness (QED) is 0.923. The minimum absolute atomic E-state index is 0.0577. The van der Waals surface area contributed by atoms with E-state index in [1.54, 1.807) is 6.92 Å². The monoisotopic (exact) mass is 300 g/mol. The van der Waals surface area contributed by atoms with Gasteiger partial charge in [0, 0.05) is 29.7 Å². The fourth-order valence-corrected chi connectivity index (χ4v) is 2.95. The van der Waals surface area contributed by atoms with Crippen LogP contribution in [-0.4, -0.2) is 38.5 Å². The third kappa shape index (κ3) is 2.36. The number of carboxylic acid groups (broad SMARTS) is 1. The molecule has 1 aromatic carbocycles. The second-order valence-corrected chi connectivity index (χ2v) is 5.80. The highest BCUT2D eigenvalue weighted by molar-refractivity contribution is 6.08. The van der Waals surface area contributed by atoms with Gasteiger partial charge in [0.1, 0.15) is 6.04 Å². The zero-order chi connectivity index (χ0) is 15.9. The summed E-state index contributed by atoms with van der Waals surface area (Å²) in [5, 5.41) is 10.2. The van der Waals surface area contributed by atoms with E-state index in [2.05, 4.69) is 0 Å². The van der Waals surface area contributed by atoms with Crippen LogP contribution in [0.25, 0.3) is 10.9 Å². The molecule has 1 aliphatic carbocycles. The topological polar surface area (TPSA) is 62.5 Å². The molecule has 0 spiro atoms. The Labute approximate surface area is 129 Å². The third-order valence-electron chi connectivity index (χ3n) is 4.31. The number of benzene rings is 1. The van der Waals surface area contributed by atoms with Gasteiger partial charge in [0.15, 0.2) is 0 Å². The van der Waals surface area contributed by atoms with E-state index in [1.165, 1.54) is 4.90 Å². The number of aryl methyl sites for hydroxylation is 1. The summed E-state index contributed by atoms with van der Waals surface area (Å²) in [6, 6.07) is 7.01. The maximum atomic E-state index is 13.0. The van der Waals surface area contributed by atoms with E-state index >= 15 is 0 Å². The minimum atomic E-state index is -0.959. The van der Waals surface area contributed by atoms with Gasteiger partial charge in [-0.3, -0.25) is 4.79 Å². The van der Waals surface area contributed by atoms with Crippen molar-refractivity contribution in [3.8, 4) is 0 Å². The molecule has 0 saturated heterocycles. The highest BCUT2D eigenvalue weighted by atomic mass is 16.4. The van der Waals surface area contributed by atoms with Gasteiger partial charge in [-0.1, -0.05) is 18.2 Å². The Bertz CT molecular complexity index is 731. The Kier molecular flexibility index (Phi) is 3.64. The van der Waals surface area contributed by atoms with E-state index in [0.29, 0.717) is 5.56 Å². The molecule has 5 heteroatoms. The van der Waals surface area contributed by atoms with Crippen molar-refractivity contribution in [1.82, 2.24) is 9.47 Å². The average Bonchev–Trinajstić information content (AvgIpc) is 3.27. The van der Waals surface area contributed by atoms with Crippen LogP contribution in [0.1, 0.15) is 37.0 Å². The molecule has 1 fully saturated rings. The number of carbonyl (C=O) groups is 2. The van der Waals surface area contributed by atoms with Gasteiger partial charge in [-0.2, -0.15) is 0 Å². The molecule has 0 bridgehead atoms. The highest BCUT2D eigenvalue weighted by Crippen LogP contribution is 2.32. The molecule has 1 saturated carbocycles. The fourth-order valence-electron chi connectivity index (χ4n) is 2.95. The van der Waals surface area contributed by atoms with Gasteiger partial charge < -0.3 is 14.6 Å². The Hall–Kier alpha value is -2.30. The van der Waals surface area contributed by atoms with Gasteiger partial charge in [0.05, 0.1) is 5.56 Å². The maximum absolute atomic E-state index is 13.0. The number of hydrogen-bond acceptors (Lipinski definition) is 2. The molecule has 1 heterocycles. The largest absolute Gasteiger partial charge is 0.480 e. The molecule has 1 aliphatic rings. The summed E-state index contributed by atoms with van der Waals surface area (Å²) >= 11 is 0. The molecule has 3 rings (SSSR count). The zero-order valence-electron chi connectivity index (χ0n) is 12.8. The molecule has 1 N–H and O–H groups in total. The maximum Gasteiger partial charge on any atom is 0.326 e. The summed E-state index contributed by atoms with van der Waals surface area (Å²) in [5.41, 5.74) is 1.60. The average molecular weight is 300 g/mol. The summed E-state index contributed by atoms with van der Waals surface area (Å²) in [6.45, 7) is 4.38. The van der Waals surface area contributed by atoms with Crippen molar-refractivity contribution in [3.63, 3.8) is 0 Å². The minimum Gasteiger partial charge on any atom is -0.480 e. The number of nitrogens with zero attached hydrogens (tertiary/aromatic N) is 2. The van der Waals surface area contributed by atoms with E-state index in [1.807, 2.05) is 42.0 Å². The Morgan fingerprint density at radius 2 is 2.05 bits per heavy atom. The van der Waals surface area contributed by atoms with E-state index in [-0.39, 0.29) is 11.9 Å². The molecule has 116 valence electrons. The third-order valence-corrected chi connectivity index (χ3v) is 4.31. The molecular weight excluding hydrogens is 280 g/mol. The van der Waals surface area contributed by atoms with Crippen molar-refractivity contribution in [2.45, 2.75) is 45.3 Å². The van der Waals surface area contributed by atoms with Crippen molar-refractivity contribution in [3.05, 3.63) is 36.0 Å². The summed E-state index contributed by atoms with van der Waals surface area (Å²) in [6.07, 6.45) is 3.61. The number of rotatable bonds is 5. The first-order valence-electron chi connectivity index (χ1n) is 7.68. The smallest absolute Gasteiger partial charge is 0.326 e. The highest BCUT2D eigenvalue weighted by Gasteiger charge is 2.39. The van der Waals surface area contributed by atoms with Gasteiger partial charge in [-0.05, 0) is 32.8 Å². The summed E-state index contributed by atoms with van der Waals surface area (Å²) in [7, 11) is 0. The Balaban J connectivity index is 2.05. The van der Waals surface area contributed by atoms with E-state index < -0.39 is 12.0 Å². The van der Waals surface area contributed by atoms with Crippen molar-refractivity contribution < 1.29 is 14.7 Å². The number of fused-ring (bicyclic) bond motifs is 1. The molecule has 0 aliphatic heterocycles. The van der Waals surface area contributed by atoms with E-state index in [9.17, 15) is 14.7 Å². The second kappa shape index (κ2) is 5.48. The first-order chi connectivity index (χ1) is 10.5. The number of carbonyl (C=O) groups excluding carboxylic acids is 1. The lowest BCUT2D eigenvalue weighted by Crippen LogP contribution is -2.44. The number of aromatic nitrogens is 1. The first kappa shape index (κ1) is 14.6. The van der Waals surface area contributed by atoms with E-state index in [0.717, 1.165) is 30.3 Å². The molecule has 0 radical (unpaired) electrons. The number of aliphatic carboxylic acids is 1. The first-order valence-corrected chi connectivity index (χ1v) is 7.68. The van der Waals surface area contributed by atoms with Crippen molar-refractivity contribution in [2.75, 3.05) is 0 Å². The van der Waals surface area contributed by atoms with Crippen LogP contribution in [0.4, 0.5) is 0 Å². The predicted molar refractivity (Wildman–Crippen MR) is 83.9 cm³/mol. The van der Waals surface area contributed by atoms with Crippen LogP contribution in [0.2, 0.25) is 0 Å². The van der Waals surface area contributed by atoms with Crippen molar-refractivity contribution >= 4 is 22.8 Å². The van der Waals surface area contributed by atoms with Gasteiger partial charge in [0.25, 0.3) is 5.91 Å². The normalized spacial score (nSPS) is 15.7. The van der Waals surface area contributed by atoms with Crippen molar-refractivity contribution in [2.24, 2.45) is 0 Å². The van der Waals surface area contributed by atoms with Crippen LogP contribution in [0.3, 0.4) is 0 Å². The second-order valence-electron chi connectivity index (χ2n) is 5.80. The van der Waals surface area contributed by atoms with Gasteiger partial charge in [-0.15, -0.1) is 0 Å². The lowest BCUT2D eigenvalue weighted by Gasteiger charge is -2.26. The molecule has 5 nitrogen and oxygen atoms in total. The summed E-state index contributed by atoms with van der Waals surface area (Å²) < 4.78 is 2.03. The SMILES string of the molecule is CCn1cc(C(=O)N(C2CC2)C(C)C(=O)O)c2ccccc21. The zero-order valence-corrected chi connectivity index (χ0v) is 12.8. The molecule has 1 aromatic heterocycles. The number of para-hydroxylation sites is 1. The van der Waals surface area contributed by atoms with Crippen molar-refractivity contribution in [1.29, 1.82) is 0 Å². The standard InChI is InChI=1S/C17H20N2O3/c1-3-18-10-14(13-6-4-5-7-15(13)18)16(20)19(12-8-9-12)11(2)17(21)22/h4-7,10-12H,3,8-9H2,1-2H3,(H,21,22). The molecule has 22 heavy (non-hydrogen) atoms. The molecule has 2 aromatic rings. The van der Waals surface area contributed by atoms with Gasteiger partial charge in [0.2, 0.25) is 0 Å². The Morgan fingerprint density at radius 1 is 1.36 bits per heavy atom. The number of carboxylic acids is 1. The molecule has 1 unspecified atom stereocenters. The number of hydrogen-bond donors (Lipinski definition) is 1. The molecule has 1 amide bonds. The van der Waals surface area contributed by atoms with Crippen LogP contribution in [0, 0.1) is 0 Å². The van der Waals surface area contributed by atoms with Crippen LogP contribution in [0.5, 0.6) is 0 Å². The van der Waals surface area contributed by atoms with Crippen LogP contribution in [0.15, 0.2) is 30.5 Å². The summed E-state index contributed by atoms with van der Waals surface area (Å²) in [4.78, 5) is 25.8. The van der Waals surface area contributed by atoms with Crippen LogP contribution >= 0.6 is 0 Å². The fraction of sp³-hybridized carbons (Fsp3) is 0.412. The van der Waals surface area contributed by atoms with Crippen LogP contribution < -0.4 is 0 Å². The van der Waals surface area contributed by atoms with Gasteiger partial charge in [-0.25, -0.2) is 4.79 Å². The molecule has 1 atom stereocenters. The summed E-state index contributed by atoms with van der Waals surface area (Å²) in [5.74, 6) is -1.14. The van der Waals surface area contributed by atoms with E-state index in [4.69, 9.17) is 0 Å². The number of amides is 1. The lowest BCUT2D eigenvalue weighted by atomic mass is 10.1.